The van der Waals surface area contributed by atoms with E-state index in [2.05, 4.69) is 35.2 Å². The molecule has 2 unspecified atom stereocenters. The van der Waals surface area contributed by atoms with Crippen molar-refractivity contribution >= 4 is 5.91 Å². The fourth-order valence-electron chi connectivity index (χ4n) is 4.48. The highest BCUT2D eigenvalue weighted by molar-refractivity contribution is 5.80. The van der Waals surface area contributed by atoms with E-state index in [0.29, 0.717) is 17.2 Å². The summed E-state index contributed by atoms with van der Waals surface area (Å²) >= 11 is 0. The number of hydrogen-bond acceptors (Lipinski definition) is 1. The number of piperidine rings is 1. The Balaban J connectivity index is 1.48. The van der Waals surface area contributed by atoms with Crippen molar-refractivity contribution in [1.82, 2.24) is 4.90 Å². The molecule has 106 valence electrons. The predicted octanol–water partition coefficient (Wildman–Crippen LogP) is 3.37. The molecule has 2 aliphatic carbocycles. The van der Waals surface area contributed by atoms with Crippen LogP contribution in [0.5, 0.6) is 0 Å². The summed E-state index contributed by atoms with van der Waals surface area (Å²) in [4.78, 5) is 14.8. The number of benzene rings is 1. The Morgan fingerprint density at radius 2 is 1.85 bits per heavy atom. The minimum absolute atomic E-state index is 0.311. The molecule has 1 aromatic rings. The highest BCUT2D eigenvalue weighted by atomic mass is 16.2. The molecule has 1 amide bonds. The summed E-state index contributed by atoms with van der Waals surface area (Å²) in [5.74, 6) is 1.50. The maximum absolute atomic E-state index is 12.7. The zero-order valence-corrected chi connectivity index (χ0v) is 12.1. The molecule has 3 aliphatic rings. The van der Waals surface area contributed by atoms with Gasteiger partial charge >= 0.3 is 0 Å². The quantitative estimate of drug-likeness (QED) is 0.806. The smallest absolute Gasteiger partial charge is 0.225 e. The first kappa shape index (κ1) is 12.4. The van der Waals surface area contributed by atoms with Gasteiger partial charge in [0, 0.05) is 24.4 Å². The first-order valence-corrected chi connectivity index (χ1v) is 8.14. The molecule has 1 saturated heterocycles. The first-order valence-electron chi connectivity index (χ1n) is 8.14. The van der Waals surface area contributed by atoms with Crippen LogP contribution in [0.3, 0.4) is 0 Å². The van der Waals surface area contributed by atoms with Crippen LogP contribution in [-0.4, -0.2) is 23.9 Å². The molecule has 0 aromatic heterocycles. The fourth-order valence-corrected chi connectivity index (χ4v) is 4.48. The van der Waals surface area contributed by atoms with Gasteiger partial charge in [-0.15, -0.1) is 0 Å². The van der Waals surface area contributed by atoms with E-state index in [-0.39, 0.29) is 0 Å². The predicted molar refractivity (Wildman–Crippen MR) is 79.4 cm³/mol. The SMILES string of the molecule is O=C(C1CCCCC1)N1CC2CC2(c2ccccc2)C1. The van der Waals surface area contributed by atoms with E-state index in [4.69, 9.17) is 0 Å². The van der Waals surface area contributed by atoms with Crippen molar-refractivity contribution in [1.29, 1.82) is 0 Å². The summed E-state index contributed by atoms with van der Waals surface area (Å²) in [5.41, 5.74) is 1.76. The van der Waals surface area contributed by atoms with Crippen LogP contribution in [-0.2, 0) is 10.2 Å². The Hall–Kier alpha value is -1.31. The molecule has 1 aromatic carbocycles. The van der Waals surface area contributed by atoms with Crippen LogP contribution in [0.25, 0.3) is 0 Å². The zero-order valence-electron chi connectivity index (χ0n) is 12.1. The van der Waals surface area contributed by atoms with E-state index < -0.39 is 0 Å². The molecule has 1 aliphatic heterocycles. The molecule has 2 nitrogen and oxygen atoms in total. The van der Waals surface area contributed by atoms with Crippen LogP contribution in [0.2, 0.25) is 0 Å². The van der Waals surface area contributed by atoms with Crippen LogP contribution in [0.4, 0.5) is 0 Å². The highest BCUT2D eigenvalue weighted by Crippen LogP contribution is 2.59. The number of carbonyl (C=O) groups excluding carboxylic acids is 1. The van der Waals surface area contributed by atoms with Crippen LogP contribution >= 0.6 is 0 Å². The van der Waals surface area contributed by atoms with E-state index in [9.17, 15) is 4.79 Å². The third-order valence-electron chi connectivity index (χ3n) is 5.76. The summed E-state index contributed by atoms with van der Waals surface area (Å²) < 4.78 is 0. The summed E-state index contributed by atoms with van der Waals surface area (Å²) in [6, 6.07) is 10.8. The van der Waals surface area contributed by atoms with E-state index in [1.807, 2.05) is 0 Å². The topological polar surface area (TPSA) is 20.3 Å². The molecule has 2 atom stereocenters. The van der Waals surface area contributed by atoms with Gasteiger partial charge in [-0.3, -0.25) is 4.79 Å². The lowest BCUT2D eigenvalue weighted by molar-refractivity contribution is -0.136. The van der Waals surface area contributed by atoms with Gasteiger partial charge in [0.05, 0.1) is 0 Å². The lowest BCUT2D eigenvalue weighted by atomic mass is 9.88. The lowest BCUT2D eigenvalue weighted by Gasteiger charge is -2.28. The number of likely N-dealkylation sites (tertiary alicyclic amines) is 1. The number of rotatable bonds is 2. The standard InChI is InChI=1S/C18H23NO/c20-17(14-7-3-1-4-8-14)19-12-16-11-18(16,13-19)15-9-5-2-6-10-15/h2,5-6,9-10,14,16H,1,3-4,7-8,11-13H2. The van der Waals surface area contributed by atoms with Crippen molar-refractivity contribution in [3.8, 4) is 0 Å². The maximum Gasteiger partial charge on any atom is 0.225 e. The Labute approximate surface area is 121 Å². The van der Waals surface area contributed by atoms with E-state index in [1.165, 1.54) is 31.2 Å². The molecule has 2 saturated carbocycles. The van der Waals surface area contributed by atoms with Crippen molar-refractivity contribution in [2.45, 2.75) is 43.9 Å². The van der Waals surface area contributed by atoms with Crippen molar-refractivity contribution in [3.63, 3.8) is 0 Å². The van der Waals surface area contributed by atoms with Crippen LogP contribution in [0.1, 0.15) is 44.1 Å². The van der Waals surface area contributed by atoms with E-state index in [1.54, 1.807) is 0 Å². The molecule has 0 spiro atoms. The highest BCUT2D eigenvalue weighted by Gasteiger charge is 2.61. The molecule has 4 rings (SSSR count). The van der Waals surface area contributed by atoms with Crippen molar-refractivity contribution < 1.29 is 4.79 Å². The molecule has 0 bridgehead atoms. The number of nitrogens with zero attached hydrogens (tertiary/aromatic N) is 1. The molecule has 1 heterocycles. The monoisotopic (exact) mass is 269 g/mol. The van der Waals surface area contributed by atoms with Gasteiger partial charge in [-0.2, -0.15) is 0 Å². The minimum Gasteiger partial charge on any atom is -0.341 e. The third-order valence-corrected chi connectivity index (χ3v) is 5.76. The average molecular weight is 269 g/mol. The molecule has 3 fully saturated rings. The Morgan fingerprint density at radius 3 is 2.60 bits per heavy atom. The van der Waals surface area contributed by atoms with Gasteiger partial charge in [-0.25, -0.2) is 0 Å². The average Bonchev–Trinajstić information content (AvgIpc) is 3.10. The van der Waals surface area contributed by atoms with Crippen molar-refractivity contribution in [2.75, 3.05) is 13.1 Å². The zero-order chi connectivity index (χ0) is 13.6. The second kappa shape index (κ2) is 4.61. The third kappa shape index (κ3) is 1.88. The summed E-state index contributed by atoms with van der Waals surface area (Å²) in [6.45, 7) is 1.97. The summed E-state index contributed by atoms with van der Waals surface area (Å²) in [5, 5.41) is 0. The number of hydrogen-bond donors (Lipinski definition) is 0. The minimum atomic E-state index is 0.311. The van der Waals surface area contributed by atoms with Crippen LogP contribution in [0.15, 0.2) is 30.3 Å². The van der Waals surface area contributed by atoms with Gasteiger partial charge < -0.3 is 4.90 Å². The van der Waals surface area contributed by atoms with Crippen LogP contribution in [0, 0.1) is 11.8 Å². The van der Waals surface area contributed by atoms with Gasteiger partial charge in [-0.05, 0) is 30.7 Å². The van der Waals surface area contributed by atoms with E-state index >= 15 is 0 Å². The molecule has 0 radical (unpaired) electrons. The summed E-state index contributed by atoms with van der Waals surface area (Å²) in [6.07, 6.45) is 7.34. The lowest BCUT2D eigenvalue weighted by Crippen LogP contribution is -2.38. The Kier molecular flexibility index (Phi) is 2.87. The molecule has 2 heteroatoms. The van der Waals surface area contributed by atoms with Gasteiger partial charge in [0.15, 0.2) is 0 Å². The van der Waals surface area contributed by atoms with E-state index in [0.717, 1.165) is 31.8 Å². The number of amides is 1. The first-order chi connectivity index (χ1) is 9.79. The Morgan fingerprint density at radius 1 is 1.10 bits per heavy atom. The molecular formula is C18H23NO. The fraction of sp³-hybridized carbons (Fsp3) is 0.611. The molecule has 20 heavy (non-hydrogen) atoms. The van der Waals surface area contributed by atoms with Crippen LogP contribution < -0.4 is 0 Å². The van der Waals surface area contributed by atoms with Gasteiger partial charge in [0.25, 0.3) is 0 Å². The summed E-state index contributed by atoms with van der Waals surface area (Å²) in [7, 11) is 0. The van der Waals surface area contributed by atoms with Crippen molar-refractivity contribution in [2.24, 2.45) is 11.8 Å². The normalized spacial score (nSPS) is 33.0. The van der Waals surface area contributed by atoms with Gasteiger partial charge in [0.1, 0.15) is 0 Å². The number of fused-ring (bicyclic) bond motifs is 1. The van der Waals surface area contributed by atoms with Gasteiger partial charge in [-0.1, -0.05) is 49.6 Å². The Bertz CT molecular complexity index is 505. The maximum atomic E-state index is 12.7. The second-order valence-corrected chi connectivity index (χ2v) is 6.98. The largest absolute Gasteiger partial charge is 0.341 e. The molecular weight excluding hydrogens is 246 g/mol. The second-order valence-electron chi connectivity index (χ2n) is 6.98. The van der Waals surface area contributed by atoms with Crippen molar-refractivity contribution in [3.05, 3.63) is 35.9 Å². The van der Waals surface area contributed by atoms with Gasteiger partial charge in [0.2, 0.25) is 5.91 Å². The molecule has 0 N–H and O–H groups in total. The number of carbonyl (C=O) groups is 1.